The molecule has 0 saturated carbocycles. The Kier molecular flexibility index (Phi) is 4.58. The summed E-state index contributed by atoms with van der Waals surface area (Å²) >= 11 is 0. The zero-order valence-corrected chi connectivity index (χ0v) is 13.2. The highest BCUT2D eigenvalue weighted by Gasteiger charge is 2.24. The maximum absolute atomic E-state index is 5.71. The Hall–Kier alpha value is -1.36. The first kappa shape index (κ1) is 14.6. The Morgan fingerprint density at radius 3 is 2.90 bits per heavy atom. The molecule has 1 fully saturated rings. The Balaban J connectivity index is 1.53. The lowest BCUT2D eigenvalue weighted by atomic mass is 9.97. The number of allylic oxidation sites excluding steroid dienone is 1. The number of nitrogens with zero attached hydrogens (tertiary/aromatic N) is 4. The molecular weight excluding hydrogens is 264 g/mol. The second-order valence-electron chi connectivity index (χ2n) is 6.36. The van der Waals surface area contributed by atoms with Gasteiger partial charge in [-0.2, -0.15) is 5.10 Å². The van der Waals surface area contributed by atoms with Crippen LogP contribution in [0.2, 0.25) is 0 Å². The van der Waals surface area contributed by atoms with Crippen molar-refractivity contribution in [2.75, 3.05) is 19.6 Å². The van der Waals surface area contributed by atoms with Gasteiger partial charge in [-0.3, -0.25) is 4.90 Å². The lowest BCUT2D eigenvalue weighted by molar-refractivity contribution is 0.0570. The fraction of sp³-hybridized carbons (Fsp3) is 0.750. The van der Waals surface area contributed by atoms with E-state index in [0.717, 1.165) is 44.1 Å². The molecule has 5 nitrogen and oxygen atoms in total. The lowest BCUT2D eigenvalue weighted by Crippen LogP contribution is -2.42. The van der Waals surface area contributed by atoms with E-state index in [2.05, 4.69) is 25.7 Å². The Bertz CT molecular complexity index is 496. The first-order valence-electron chi connectivity index (χ1n) is 8.11. The number of likely N-dealkylation sites (tertiary alicyclic amines) is 1. The Morgan fingerprint density at radius 1 is 1.29 bits per heavy atom. The molecule has 2 aliphatic rings. The largest absolute Gasteiger partial charge is 0.497 e. The van der Waals surface area contributed by atoms with Gasteiger partial charge in [-0.05, 0) is 58.1 Å². The molecule has 0 aromatic carbocycles. The van der Waals surface area contributed by atoms with Gasteiger partial charge >= 0.3 is 0 Å². The SMILES string of the molecule is Cc1nc(C)n(CC2CCCN(CC3CCC=CO3)C2)n1. The summed E-state index contributed by atoms with van der Waals surface area (Å²) < 4.78 is 7.78. The van der Waals surface area contributed by atoms with Crippen LogP contribution >= 0.6 is 0 Å². The van der Waals surface area contributed by atoms with Crippen molar-refractivity contribution < 1.29 is 4.74 Å². The molecule has 3 heterocycles. The number of aromatic nitrogens is 3. The molecule has 0 bridgehead atoms. The van der Waals surface area contributed by atoms with Gasteiger partial charge in [-0.1, -0.05) is 0 Å². The topological polar surface area (TPSA) is 43.2 Å². The summed E-state index contributed by atoms with van der Waals surface area (Å²) in [5.41, 5.74) is 0. The molecule has 0 amide bonds. The van der Waals surface area contributed by atoms with Crippen molar-refractivity contribution in [1.82, 2.24) is 19.7 Å². The smallest absolute Gasteiger partial charge is 0.147 e. The fourth-order valence-electron chi connectivity index (χ4n) is 3.45. The number of rotatable bonds is 4. The standard InChI is InChI=1S/C16H26N4O/c1-13-17-14(2)20(18-13)11-15-6-5-8-19(10-15)12-16-7-3-4-9-21-16/h4,9,15-16H,3,5-8,10-12H2,1-2H3. The second kappa shape index (κ2) is 6.60. The van der Waals surface area contributed by atoms with E-state index in [9.17, 15) is 0 Å². The molecule has 1 aromatic rings. The Labute approximate surface area is 127 Å². The van der Waals surface area contributed by atoms with Crippen LogP contribution in [0, 0.1) is 19.8 Å². The summed E-state index contributed by atoms with van der Waals surface area (Å²) in [5.74, 6) is 2.59. The van der Waals surface area contributed by atoms with Gasteiger partial charge < -0.3 is 4.74 Å². The molecule has 0 radical (unpaired) electrons. The molecule has 0 spiro atoms. The van der Waals surface area contributed by atoms with E-state index >= 15 is 0 Å². The van der Waals surface area contributed by atoms with Crippen molar-refractivity contribution in [2.24, 2.45) is 5.92 Å². The third-order valence-electron chi connectivity index (χ3n) is 4.48. The average molecular weight is 290 g/mol. The molecular formula is C16H26N4O. The van der Waals surface area contributed by atoms with Crippen molar-refractivity contribution >= 4 is 0 Å². The van der Waals surface area contributed by atoms with Crippen molar-refractivity contribution in [3.05, 3.63) is 24.0 Å². The van der Waals surface area contributed by atoms with E-state index in [1.807, 2.05) is 20.1 Å². The molecule has 3 rings (SSSR count). The molecule has 1 aromatic heterocycles. The van der Waals surface area contributed by atoms with Crippen LogP contribution in [0.25, 0.3) is 0 Å². The predicted molar refractivity (Wildman–Crippen MR) is 81.9 cm³/mol. The zero-order chi connectivity index (χ0) is 14.7. The number of ether oxygens (including phenoxy) is 1. The van der Waals surface area contributed by atoms with Crippen LogP contribution in [-0.4, -0.2) is 45.4 Å². The molecule has 116 valence electrons. The maximum atomic E-state index is 5.71. The van der Waals surface area contributed by atoms with Gasteiger partial charge in [-0.25, -0.2) is 9.67 Å². The van der Waals surface area contributed by atoms with Crippen molar-refractivity contribution in [3.63, 3.8) is 0 Å². The molecule has 1 saturated heterocycles. The molecule has 2 atom stereocenters. The summed E-state index contributed by atoms with van der Waals surface area (Å²) in [4.78, 5) is 6.97. The third kappa shape index (κ3) is 3.84. The van der Waals surface area contributed by atoms with Gasteiger partial charge in [0.05, 0.1) is 6.26 Å². The van der Waals surface area contributed by atoms with Gasteiger partial charge in [0, 0.05) is 19.6 Å². The lowest BCUT2D eigenvalue weighted by Gasteiger charge is -2.35. The fourth-order valence-corrected chi connectivity index (χ4v) is 3.45. The Morgan fingerprint density at radius 2 is 2.19 bits per heavy atom. The molecule has 2 unspecified atom stereocenters. The monoisotopic (exact) mass is 290 g/mol. The summed E-state index contributed by atoms with van der Waals surface area (Å²) in [6.45, 7) is 8.43. The van der Waals surface area contributed by atoms with Gasteiger partial charge in [-0.15, -0.1) is 0 Å². The third-order valence-corrected chi connectivity index (χ3v) is 4.48. The number of aryl methyl sites for hydroxylation is 2. The minimum atomic E-state index is 0.379. The first-order valence-corrected chi connectivity index (χ1v) is 8.11. The second-order valence-corrected chi connectivity index (χ2v) is 6.36. The summed E-state index contributed by atoms with van der Waals surface area (Å²) in [5, 5.41) is 4.50. The van der Waals surface area contributed by atoms with Crippen molar-refractivity contribution in [1.29, 1.82) is 0 Å². The van der Waals surface area contributed by atoms with Crippen LogP contribution in [0.4, 0.5) is 0 Å². The highest BCUT2D eigenvalue weighted by molar-refractivity contribution is 4.89. The van der Waals surface area contributed by atoms with Crippen LogP contribution in [-0.2, 0) is 11.3 Å². The van der Waals surface area contributed by atoms with Gasteiger partial charge in [0.2, 0.25) is 0 Å². The molecule has 21 heavy (non-hydrogen) atoms. The average Bonchev–Trinajstić information content (AvgIpc) is 2.78. The van der Waals surface area contributed by atoms with E-state index in [0.29, 0.717) is 12.0 Å². The summed E-state index contributed by atoms with van der Waals surface area (Å²) in [7, 11) is 0. The minimum Gasteiger partial charge on any atom is -0.497 e. The first-order chi connectivity index (χ1) is 10.2. The molecule has 2 aliphatic heterocycles. The molecule has 0 aliphatic carbocycles. The highest BCUT2D eigenvalue weighted by atomic mass is 16.5. The molecule has 0 N–H and O–H groups in total. The number of piperidine rings is 1. The quantitative estimate of drug-likeness (QED) is 0.853. The maximum Gasteiger partial charge on any atom is 0.147 e. The van der Waals surface area contributed by atoms with Gasteiger partial charge in [0.15, 0.2) is 0 Å². The van der Waals surface area contributed by atoms with E-state index in [1.54, 1.807) is 0 Å². The van der Waals surface area contributed by atoms with E-state index in [1.165, 1.54) is 19.4 Å². The predicted octanol–water partition coefficient (Wildman–Crippen LogP) is 2.30. The van der Waals surface area contributed by atoms with Crippen LogP contribution in [0.5, 0.6) is 0 Å². The van der Waals surface area contributed by atoms with Crippen molar-refractivity contribution in [2.45, 2.75) is 52.2 Å². The number of hydrogen-bond acceptors (Lipinski definition) is 4. The van der Waals surface area contributed by atoms with Crippen LogP contribution in [0.15, 0.2) is 12.3 Å². The van der Waals surface area contributed by atoms with E-state index in [-0.39, 0.29) is 0 Å². The van der Waals surface area contributed by atoms with Crippen LogP contribution in [0.3, 0.4) is 0 Å². The highest BCUT2D eigenvalue weighted by Crippen LogP contribution is 2.21. The zero-order valence-electron chi connectivity index (χ0n) is 13.2. The number of hydrogen-bond donors (Lipinski definition) is 0. The van der Waals surface area contributed by atoms with Gasteiger partial charge in [0.25, 0.3) is 0 Å². The van der Waals surface area contributed by atoms with Crippen LogP contribution < -0.4 is 0 Å². The van der Waals surface area contributed by atoms with E-state index < -0.39 is 0 Å². The summed E-state index contributed by atoms with van der Waals surface area (Å²) in [6, 6.07) is 0. The normalized spacial score (nSPS) is 26.8. The minimum absolute atomic E-state index is 0.379. The molecule has 5 heteroatoms. The van der Waals surface area contributed by atoms with Crippen LogP contribution in [0.1, 0.15) is 37.3 Å². The van der Waals surface area contributed by atoms with E-state index in [4.69, 9.17) is 4.74 Å². The van der Waals surface area contributed by atoms with Crippen molar-refractivity contribution in [3.8, 4) is 0 Å². The summed E-state index contributed by atoms with van der Waals surface area (Å²) in [6.07, 6.45) is 9.24. The van der Waals surface area contributed by atoms with Gasteiger partial charge in [0.1, 0.15) is 17.8 Å².